The van der Waals surface area contributed by atoms with Crippen LogP contribution in [0.3, 0.4) is 0 Å². The van der Waals surface area contributed by atoms with Crippen LogP contribution >= 0.6 is 0 Å². The molecule has 0 radical (unpaired) electrons. The van der Waals surface area contributed by atoms with Crippen LogP contribution in [0.5, 0.6) is 11.5 Å². The molecular weight excluding hydrogens is 259 g/mol. The van der Waals surface area contributed by atoms with Crippen LogP contribution in [0.15, 0.2) is 36.4 Å². The van der Waals surface area contributed by atoms with E-state index >= 15 is 0 Å². The molecule has 0 atom stereocenters. The van der Waals surface area contributed by atoms with Gasteiger partial charge in [0, 0.05) is 11.1 Å². The minimum atomic E-state index is -0.350. The van der Waals surface area contributed by atoms with E-state index in [1.54, 1.807) is 24.3 Å². The van der Waals surface area contributed by atoms with Crippen LogP contribution in [0.2, 0.25) is 0 Å². The zero-order valence-corrected chi connectivity index (χ0v) is 11.6. The Bertz CT molecular complexity index is 650. The van der Waals surface area contributed by atoms with Crippen LogP contribution in [0.1, 0.15) is 17.3 Å². The molecule has 0 saturated heterocycles. The second kappa shape index (κ2) is 5.74. The molecule has 2 aromatic carbocycles. The molecule has 0 aliphatic rings. The molecule has 0 spiro atoms. The average molecular weight is 274 g/mol. The molecule has 0 unspecified atom stereocenters. The van der Waals surface area contributed by atoms with Crippen molar-refractivity contribution in [3.05, 3.63) is 47.8 Å². The lowest BCUT2D eigenvalue weighted by Crippen LogP contribution is -1.99. The average Bonchev–Trinajstić information content (AvgIpc) is 2.45. The van der Waals surface area contributed by atoms with E-state index in [1.165, 1.54) is 33.3 Å². The first-order valence-electron chi connectivity index (χ1n) is 6.09. The van der Waals surface area contributed by atoms with E-state index < -0.39 is 0 Å². The number of carbonyl (C=O) groups is 1. The Balaban J connectivity index is 2.72. The summed E-state index contributed by atoms with van der Waals surface area (Å²) in [5, 5.41) is 0. The zero-order valence-electron chi connectivity index (χ0n) is 11.6. The molecule has 3 nitrogen and oxygen atoms in total. The summed E-state index contributed by atoms with van der Waals surface area (Å²) in [6, 6.07) is 9.41. The van der Waals surface area contributed by atoms with Gasteiger partial charge in [-0.25, -0.2) is 4.39 Å². The van der Waals surface area contributed by atoms with E-state index in [4.69, 9.17) is 9.47 Å². The highest BCUT2D eigenvalue weighted by molar-refractivity contribution is 5.97. The van der Waals surface area contributed by atoms with Gasteiger partial charge < -0.3 is 9.47 Å². The summed E-state index contributed by atoms with van der Waals surface area (Å²) in [5.41, 5.74) is 1.74. The number of hydrogen-bond donors (Lipinski definition) is 0. The van der Waals surface area contributed by atoms with Gasteiger partial charge in [-0.3, -0.25) is 4.79 Å². The van der Waals surface area contributed by atoms with E-state index in [-0.39, 0.29) is 11.6 Å². The molecule has 2 aromatic rings. The topological polar surface area (TPSA) is 35.5 Å². The number of ether oxygens (including phenoxy) is 2. The lowest BCUT2D eigenvalue weighted by atomic mass is 9.99. The Kier molecular flexibility index (Phi) is 4.03. The third-order valence-electron chi connectivity index (χ3n) is 3.02. The van der Waals surface area contributed by atoms with Crippen molar-refractivity contribution in [2.24, 2.45) is 0 Å². The summed E-state index contributed by atoms with van der Waals surface area (Å²) in [7, 11) is 3.01. The minimum Gasteiger partial charge on any atom is -0.493 e. The van der Waals surface area contributed by atoms with Gasteiger partial charge in [-0.05, 0) is 36.8 Å². The molecule has 4 heteroatoms. The Labute approximate surface area is 117 Å². The van der Waals surface area contributed by atoms with Gasteiger partial charge in [-0.15, -0.1) is 0 Å². The van der Waals surface area contributed by atoms with Gasteiger partial charge in [0.2, 0.25) is 0 Å². The zero-order chi connectivity index (χ0) is 14.7. The molecule has 104 valence electrons. The highest BCUT2D eigenvalue weighted by atomic mass is 19.1. The molecule has 0 fully saturated rings. The first-order chi connectivity index (χ1) is 9.56. The Morgan fingerprint density at radius 3 is 2.40 bits per heavy atom. The van der Waals surface area contributed by atoms with E-state index in [0.29, 0.717) is 28.2 Å². The molecule has 0 aromatic heterocycles. The van der Waals surface area contributed by atoms with Crippen LogP contribution in [-0.2, 0) is 0 Å². The number of Topliss-reactive ketones (excluding diaryl/α,β-unsaturated/α-hetero) is 1. The van der Waals surface area contributed by atoms with Crippen molar-refractivity contribution >= 4 is 5.78 Å². The van der Waals surface area contributed by atoms with Crippen LogP contribution in [0.25, 0.3) is 11.1 Å². The third-order valence-corrected chi connectivity index (χ3v) is 3.02. The van der Waals surface area contributed by atoms with Crippen molar-refractivity contribution in [2.45, 2.75) is 6.92 Å². The summed E-state index contributed by atoms with van der Waals surface area (Å²) < 4.78 is 24.0. The van der Waals surface area contributed by atoms with Crippen LogP contribution in [0, 0.1) is 5.82 Å². The van der Waals surface area contributed by atoms with Crippen molar-refractivity contribution in [3.8, 4) is 22.6 Å². The first-order valence-corrected chi connectivity index (χ1v) is 6.09. The van der Waals surface area contributed by atoms with Crippen molar-refractivity contribution in [1.29, 1.82) is 0 Å². The first kappa shape index (κ1) is 14.1. The van der Waals surface area contributed by atoms with E-state index in [0.717, 1.165) is 0 Å². The van der Waals surface area contributed by atoms with Crippen molar-refractivity contribution in [2.75, 3.05) is 14.2 Å². The number of ketones is 1. The standard InChI is InChI=1S/C16H15FO3/c1-10(18)12-8-14(11-5-4-6-13(17)7-11)16(20-3)15(9-12)19-2/h4-9H,1-3H3. The lowest BCUT2D eigenvalue weighted by molar-refractivity contribution is 0.101. The predicted octanol–water partition coefficient (Wildman–Crippen LogP) is 3.71. The van der Waals surface area contributed by atoms with Gasteiger partial charge in [-0.1, -0.05) is 12.1 Å². The maximum absolute atomic E-state index is 13.4. The van der Waals surface area contributed by atoms with Gasteiger partial charge in [0.25, 0.3) is 0 Å². The van der Waals surface area contributed by atoms with Gasteiger partial charge in [-0.2, -0.15) is 0 Å². The Morgan fingerprint density at radius 1 is 1.10 bits per heavy atom. The normalized spacial score (nSPS) is 10.2. The van der Waals surface area contributed by atoms with Gasteiger partial charge in [0.15, 0.2) is 17.3 Å². The quantitative estimate of drug-likeness (QED) is 0.797. The third kappa shape index (κ3) is 2.64. The fraction of sp³-hybridized carbons (Fsp3) is 0.188. The molecule has 2 rings (SSSR count). The molecule has 0 heterocycles. The van der Waals surface area contributed by atoms with Crippen molar-refractivity contribution < 1.29 is 18.7 Å². The van der Waals surface area contributed by atoms with E-state index in [2.05, 4.69) is 0 Å². The molecule has 0 bridgehead atoms. The predicted molar refractivity (Wildman–Crippen MR) is 74.9 cm³/mol. The Hall–Kier alpha value is -2.36. The molecule has 20 heavy (non-hydrogen) atoms. The maximum atomic E-state index is 13.4. The minimum absolute atomic E-state index is 0.0939. The number of carbonyl (C=O) groups excluding carboxylic acids is 1. The Morgan fingerprint density at radius 2 is 1.85 bits per heavy atom. The fourth-order valence-electron chi connectivity index (χ4n) is 2.04. The number of benzene rings is 2. The van der Waals surface area contributed by atoms with Gasteiger partial charge in [0.05, 0.1) is 14.2 Å². The smallest absolute Gasteiger partial charge is 0.168 e. The lowest BCUT2D eigenvalue weighted by Gasteiger charge is -2.14. The molecule has 0 aliphatic carbocycles. The van der Waals surface area contributed by atoms with Crippen molar-refractivity contribution in [1.82, 2.24) is 0 Å². The monoisotopic (exact) mass is 274 g/mol. The fourth-order valence-corrected chi connectivity index (χ4v) is 2.04. The van der Waals surface area contributed by atoms with Crippen LogP contribution < -0.4 is 9.47 Å². The van der Waals surface area contributed by atoms with Gasteiger partial charge in [0.1, 0.15) is 5.82 Å². The summed E-state index contributed by atoms with van der Waals surface area (Å²) in [6.45, 7) is 1.47. The number of methoxy groups -OCH3 is 2. The van der Waals surface area contributed by atoms with Gasteiger partial charge >= 0.3 is 0 Å². The summed E-state index contributed by atoms with van der Waals surface area (Å²) in [5.74, 6) is 0.475. The number of rotatable bonds is 4. The van der Waals surface area contributed by atoms with Crippen molar-refractivity contribution in [3.63, 3.8) is 0 Å². The van der Waals surface area contributed by atoms with Crippen LogP contribution in [0.4, 0.5) is 4.39 Å². The number of hydrogen-bond acceptors (Lipinski definition) is 3. The summed E-state index contributed by atoms with van der Waals surface area (Å²) in [6.07, 6.45) is 0. The second-order valence-corrected chi connectivity index (χ2v) is 4.33. The molecule has 0 saturated carbocycles. The molecule has 0 aliphatic heterocycles. The molecule has 0 amide bonds. The highest BCUT2D eigenvalue weighted by Crippen LogP contribution is 2.39. The summed E-state index contributed by atoms with van der Waals surface area (Å²) in [4.78, 5) is 11.6. The van der Waals surface area contributed by atoms with E-state index in [9.17, 15) is 9.18 Å². The largest absolute Gasteiger partial charge is 0.493 e. The maximum Gasteiger partial charge on any atom is 0.168 e. The number of halogens is 1. The highest BCUT2D eigenvalue weighted by Gasteiger charge is 2.16. The molecule has 0 N–H and O–H groups in total. The molecular formula is C16H15FO3. The SMILES string of the molecule is COc1cc(C(C)=O)cc(-c2cccc(F)c2)c1OC. The second-order valence-electron chi connectivity index (χ2n) is 4.33. The summed E-state index contributed by atoms with van der Waals surface area (Å²) >= 11 is 0. The van der Waals surface area contributed by atoms with E-state index in [1.807, 2.05) is 0 Å². The van der Waals surface area contributed by atoms with Crippen LogP contribution in [-0.4, -0.2) is 20.0 Å².